The van der Waals surface area contributed by atoms with E-state index < -0.39 is 0 Å². The third kappa shape index (κ3) is 6.31. The Labute approximate surface area is 178 Å². The van der Waals surface area contributed by atoms with Crippen molar-refractivity contribution in [3.05, 3.63) is 96.1 Å². The highest BCUT2D eigenvalue weighted by molar-refractivity contribution is 5.77. The average Bonchev–Trinajstić information content (AvgIpc) is 2.74. The molecule has 3 rings (SSSR count). The summed E-state index contributed by atoms with van der Waals surface area (Å²) in [7, 11) is 0. The standard InChI is InChI=1S/C26H28N2O2/c1-19(29)17-25(27-23-9-5-3-6-10-23)21-13-15-22(16-14-21)26(18-20(2)30)28-24-11-7-4-8-12-24/h3-16,25-28H,17-18H2,1-2H3. The van der Waals surface area contributed by atoms with Crippen LogP contribution in [0.2, 0.25) is 0 Å². The van der Waals surface area contributed by atoms with Crippen molar-refractivity contribution >= 4 is 22.9 Å². The SMILES string of the molecule is CC(=O)CC(Nc1ccccc1)c1ccc(C(CC(C)=O)Nc2ccccc2)cc1. The molecule has 3 aromatic carbocycles. The highest BCUT2D eigenvalue weighted by Gasteiger charge is 2.17. The Bertz CT molecular complexity index is 873. The number of anilines is 2. The monoisotopic (exact) mass is 400 g/mol. The topological polar surface area (TPSA) is 58.2 Å². The molecular weight excluding hydrogens is 372 g/mol. The van der Waals surface area contributed by atoms with E-state index in [1.54, 1.807) is 13.8 Å². The number of ketones is 2. The van der Waals surface area contributed by atoms with E-state index in [2.05, 4.69) is 10.6 Å². The molecule has 0 aliphatic rings. The quantitative estimate of drug-likeness (QED) is 0.441. The molecule has 4 heteroatoms. The summed E-state index contributed by atoms with van der Waals surface area (Å²) in [5.74, 6) is 0.264. The number of para-hydroxylation sites is 2. The zero-order chi connectivity index (χ0) is 21.3. The fourth-order valence-electron chi connectivity index (χ4n) is 3.51. The summed E-state index contributed by atoms with van der Waals surface area (Å²) in [6, 6.07) is 27.7. The number of benzene rings is 3. The maximum Gasteiger partial charge on any atom is 0.132 e. The van der Waals surface area contributed by atoms with E-state index in [0.717, 1.165) is 22.5 Å². The van der Waals surface area contributed by atoms with Crippen LogP contribution >= 0.6 is 0 Å². The predicted molar refractivity (Wildman–Crippen MR) is 123 cm³/mol. The molecule has 0 fully saturated rings. The van der Waals surface area contributed by atoms with Crippen molar-refractivity contribution in [3.63, 3.8) is 0 Å². The predicted octanol–water partition coefficient (Wildman–Crippen LogP) is 5.95. The number of carbonyl (C=O) groups is 2. The molecule has 2 N–H and O–H groups in total. The fraction of sp³-hybridized carbons (Fsp3) is 0.231. The van der Waals surface area contributed by atoms with E-state index in [9.17, 15) is 9.59 Å². The zero-order valence-electron chi connectivity index (χ0n) is 17.5. The third-order valence-corrected chi connectivity index (χ3v) is 4.95. The Morgan fingerprint density at radius 1 is 0.600 bits per heavy atom. The first-order valence-corrected chi connectivity index (χ1v) is 10.2. The van der Waals surface area contributed by atoms with Crippen molar-refractivity contribution < 1.29 is 9.59 Å². The second-order valence-corrected chi connectivity index (χ2v) is 7.60. The molecule has 3 aromatic rings. The second kappa shape index (κ2) is 10.4. The minimum Gasteiger partial charge on any atom is -0.378 e. The van der Waals surface area contributed by atoms with Crippen molar-refractivity contribution in [3.8, 4) is 0 Å². The van der Waals surface area contributed by atoms with Gasteiger partial charge in [0.1, 0.15) is 11.6 Å². The van der Waals surface area contributed by atoms with Crippen molar-refractivity contribution in [2.24, 2.45) is 0 Å². The largest absolute Gasteiger partial charge is 0.378 e. The Kier molecular flexibility index (Phi) is 7.39. The van der Waals surface area contributed by atoms with E-state index in [1.165, 1.54) is 0 Å². The van der Waals surface area contributed by atoms with Crippen LogP contribution in [0.4, 0.5) is 11.4 Å². The molecule has 4 nitrogen and oxygen atoms in total. The normalized spacial score (nSPS) is 12.6. The fourth-order valence-corrected chi connectivity index (χ4v) is 3.51. The van der Waals surface area contributed by atoms with Gasteiger partial charge in [0, 0.05) is 24.2 Å². The summed E-state index contributed by atoms with van der Waals surface area (Å²) in [6.07, 6.45) is 0.820. The van der Waals surface area contributed by atoms with Gasteiger partial charge in [-0.2, -0.15) is 0 Å². The third-order valence-electron chi connectivity index (χ3n) is 4.95. The molecule has 0 aromatic heterocycles. The molecule has 0 aliphatic heterocycles. The lowest BCUT2D eigenvalue weighted by molar-refractivity contribution is -0.118. The summed E-state index contributed by atoms with van der Waals surface area (Å²) >= 11 is 0. The maximum atomic E-state index is 11.8. The van der Waals surface area contributed by atoms with E-state index >= 15 is 0 Å². The molecule has 0 heterocycles. The Hall–Kier alpha value is -3.40. The lowest BCUT2D eigenvalue weighted by Crippen LogP contribution is -2.16. The highest BCUT2D eigenvalue weighted by Crippen LogP contribution is 2.27. The number of carbonyl (C=O) groups excluding carboxylic acids is 2. The minimum absolute atomic E-state index is 0.104. The van der Waals surface area contributed by atoms with Crippen LogP contribution < -0.4 is 10.6 Å². The van der Waals surface area contributed by atoms with Crippen LogP contribution in [-0.4, -0.2) is 11.6 Å². The molecule has 0 aliphatic carbocycles. The van der Waals surface area contributed by atoms with E-state index in [0.29, 0.717) is 12.8 Å². The Morgan fingerprint density at radius 3 is 1.23 bits per heavy atom. The molecule has 0 saturated heterocycles. The molecule has 0 bridgehead atoms. The molecule has 0 amide bonds. The number of nitrogens with one attached hydrogen (secondary N) is 2. The van der Waals surface area contributed by atoms with Gasteiger partial charge in [0.05, 0.1) is 12.1 Å². The van der Waals surface area contributed by atoms with Gasteiger partial charge in [0.2, 0.25) is 0 Å². The zero-order valence-corrected chi connectivity index (χ0v) is 17.5. The van der Waals surface area contributed by atoms with E-state index in [4.69, 9.17) is 0 Å². The number of rotatable bonds is 10. The molecule has 2 unspecified atom stereocenters. The van der Waals surface area contributed by atoms with Gasteiger partial charge in [-0.05, 0) is 49.2 Å². The summed E-state index contributed by atoms with van der Waals surface area (Å²) in [6.45, 7) is 3.22. The molecular formula is C26H28N2O2. The lowest BCUT2D eigenvalue weighted by atomic mass is 9.96. The van der Waals surface area contributed by atoms with E-state index in [1.807, 2.05) is 84.9 Å². The molecule has 154 valence electrons. The molecule has 30 heavy (non-hydrogen) atoms. The van der Waals surface area contributed by atoms with Crippen molar-refractivity contribution in [2.45, 2.75) is 38.8 Å². The van der Waals surface area contributed by atoms with Gasteiger partial charge >= 0.3 is 0 Å². The van der Waals surface area contributed by atoms with Crippen molar-refractivity contribution in [2.75, 3.05) is 10.6 Å². The van der Waals surface area contributed by atoms with Crippen LogP contribution in [0.25, 0.3) is 0 Å². The molecule has 0 radical (unpaired) electrons. The van der Waals surface area contributed by atoms with Gasteiger partial charge in [-0.25, -0.2) is 0 Å². The van der Waals surface area contributed by atoms with E-state index in [-0.39, 0.29) is 23.7 Å². The first-order chi connectivity index (χ1) is 14.5. The first-order valence-electron chi connectivity index (χ1n) is 10.2. The van der Waals surface area contributed by atoms with Gasteiger partial charge < -0.3 is 10.6 Å². The van der Waals surface area contributed by atoms with Gasteiger partial charge in [0.15, 0.2) is 0 Å². The van der Waals surface area contributed by atoms with Crippen LogP contribution in [0.5, 0.6) is 0 Å². The second-order valence-electron chi connectivity index (χ2n) is 7.60. The lowest BCUT2D eigenvalue weighted by Gasteiger charge is -2.22. The van der Waals surface area contributed by atoms with Gasteiger partial charge in [0.25, 0.3) is 0 Å². The highest BCUT2D eigenvalue weighted by atomic mass is 16.1. The summed E-state index contributed by atoms with van der Waals surface area (Å²) in [5.41, 5.74) is 4.04. The average molecular weight is 401 g/mol. The smallest absolute Gasteiger partial charge is 0.132 e. The maximum absolute atomic E-state index is 11.8. The Morgan fingerprint density at radius 2 is 0.933 bits per heavy atom. The Balaban J connectivity index is 1.81. The van der Waals surface area contributed by atoms with Crippen LogP contribution in [0.15, 0.2) is 84.9 Å². The summed E-state index contributed by atoms with van der Waals surface area (Å²) < 4.78 is 0. The number of hydrogen-bond donors (Lipinski definition) is 2. The van der Waals surface area contributed by atoms with Crippen LogP contribution in [0.3, 0.4) is 0 Å². The molecule has 0 spiro atoms. The molecule has 2 atom stereocenters. The van der Waals surface area contributed by atoms with Crippen molar-refractivity contribution in [1.29, 1.82) is 0 Å². The summed E-state index contributed by atoms with van der Waals surface area (Å²) in [5, 5.41) is 6.91. The summed E-state index contributed by atoms with van der Waals surface area (Å²) in [4.78, 5) is 23.7. The van der Waals surface area contributed by atoms with Crippen LogP contribution in [-0.2, 0) is 9.59 Å². The number of Topliss-reactive ketones (excluding diaryl/α,β-unsaturated/α-hetero) is 2. The van der Waals surface area contributed by atoms with Crippen molar-refractivity contribution in [1.82, 2.24) is 0 Å². The van der Waals surface area contributed by atoms with Crippen LogP contribution in [0, 0.1) is 0 Å². The van der Waals surface area contributed by atoms with Crippen LogP contribution in [0.1, 0.15) is 49.9 Å². The first kappa shape index (κ1) is 21.3. The van der Waals surface area contributed by atoms with Gasteiger partial charge in [-0.15, -0.1) is 0 Å². The molecule has 0 saturated carbocycles. The van der Waals surface area contributed by atoms with Gasteiger partial charge in [-0.1, -0.05) is 60.7 Å². The van der Waals surface area contributed by atoms with Gasteiger partial charge in [-0.3, -0.25) is 9.59 Å². The number of hydrogen-bond acceptors (Lipinski definition) is 4. The minimum atomic E-state index is -0.104.